The van der Waals surface area contributed by atoms with E-state index in [4.69, 9.17) is 19.4 Å². The third-order valence-electron chi connectivity index (χ3n) is 14.1. The molecule has 0 amide bonds. The highest BCUT2D eigenvalue weighted by Gasteiger charge is 2.28. The summed E-state index contributed by atoms with van der Waals surface area (Å²) in [6, 6.07) is 33.6. The Morgan fingerprint density at radius 1 is 0.344 bits per heavy atom. The first-order chi connectivity index (χ1) is 29.3. The van der Waals surface area contributed by atoms with Gasteiger partial charge in [0.1, 0.15) is 97.5 Å². The standard InChI is InChI=1S/C45H38B11N3OS/c46-30-25(27-31(47)35(51)38(54)36(52)32(27)48)26-28-33(49)37(53)39(55)40(56)42(28)61-41(26)29(34(30)50)45-58-43(19-12-10-18(11-13-19)17-6-2-1-3-7-17)57-44(59-45)20-14-15-22-21-8-4-5-9-23(21)60-24(22)16-20/h1-16H,46-56H2. The number of furan rings is 1. The normalized spacial score (nSPS) is 11.7. The molecule has 61 heavy (non-hydrogen) atoms. The van der Waals surface area contributed by atoms with Gasteiger partial charge in [-0.2, -0.15) is 0 Å². The second-order valence-electron chi connectivity index (χ2n) is 17.1. The maximum absolute atomic E-state index is 6.40. The molecule has 278 valence electrons. The van der Waals surface area contributed by atoms with Gasteiger partial charge in [0.2, 0.25) is 0 Å². The van der Waals surface area contributed by atoms with Crippen LogP contribution in [-0.2, 0) is 0 Å². The molecule has 7 aromatic carbocycles. The van der Waals surface area contributed by atoms with Gasteiger partial charge in [-0.1, -0.05) is 112 Å². The molecule has 0 saturated heterocycles. The second kappa shape index (κ2) is 14.7. The van der Waals surface area contributed by atoms with Crippen molar-refractivity contribution in [2.45, 2.75) is 0 Å². The molecule has 0 fully saturated rings. The van der Waals surface area contributed by atoms with Crippen LogP contribution in [0.4, 0.5) is 0 Å². The maximum atomic E-state index is 6.40. The molecule has 3 aromatic heterocycles. The van der Waals surface area contributed by atoms with Crippen molar-refractivity contribution >= 4 is 200 Å². The van der Waals surface area contributed by atoms with Gasteiger partial charge >= 0.3 is 0 Å². The molecule has 16 heteroatoms. The Balaban J connectivity index is 1.30. The monoisotopic (exact) mass is 789 g/mol. The van der Waals surface area contributed by atoms with E-state index < -0.39 is 0 Å². The minimum atomic E-state index is 0.611. The Morgan fingerprint density at radius 2 is 0.836 bits per heavy atom. The second-order valence-corrected chi connectivity index (χ2v) is 18.1. The highest BCUT2D eigenvalue weighted by atomic mass is 32.1. The van der Waals surface area contributed by atoms with Gasteiger partial charge in [0, 0.05) is 42.2 Å². The largest absolute Gasteiger partial charge is 0.456 e. The van der Waals surface area contributed by atoms with Crippen LogP contribution >= 0.6 is 11.3 Å². The van der Waals surface area contributed by atoms with Crippen LogP contribution in [0.2, 0.25) is 0 Å². The molecule has 10 aromatic rings. The molecule has 0 saturated carbocycles. The highest BCUT2D eigenvalue weighted by molar-refractivity contribution is 7.28. The summed E-state index contributed by atoms with van der Waals surface area (Å²) in [6.45, 7) is 0. The zero-order valence-corrected chi connectivity index (χ0v) is 37.7. The van der Waals surface area contributed by atoms with Crippen LogP contribution in [0, 0.1) is 0 Å². The minimum Gasteiger partial charge on any atom is -0.456 e. The Morgan fingerprint density at radius 3 is 1.54 bits per heavy atom. The van der Waals surface area contributed by atoms with Gasteiger partial charge < -0.3 is 4.42 Å². The summed E-state index contributed by atoms with van der Waals surface area (Å²) in [4.78, 5) is 16.1. The molecule has 0 aliphatic rings. The Hall–Kier alpha value is -5.72. The lowest BCUT2D eigenvalue weighted by atomic mass is 9.58. The van der Waals surface area contributed by atoms with Gasteiger partial charge in [-0.25, -0.2) is 15.0 Å². The average Bonchev–Trinajstić information content (AvgIpc) is 3.86. The molecule has 0 aliphatic heterocycles. The first kappa shape index (κ1) is 39.4. The van der Waals surface area contributed by atoms with Crippen LogP contribution in [0.15, 0.2) is 101 Å². The van der Waals surface area contributed by atoms with Crippen molar-refractivity contribution in [2.24, 2.45) is 0 Å². The first-order valence-electron chi connectivity index (χ1n) is 21.2. The van der Waals surface area contributed by atoms with Crippen molar-refractivity contribution in [2.75, 3.05) is 0 Å². The maximum Gasteiger partial charge on any atom is 0.164 e. The summed E-state index contributed by atoms with van der Waals surface area (Å²) in [7, 11) is 25.2. The molecule has 0 aliphatic carbocycles. The molecule has 0 atom stereocenters. The van der Waals surface area contributed by atoms with Crippen molar-refractivity contribution in [1.82, 2.24) is 15.0 Å². The van der Waals surface area contributed by atoms with Crippen LogP contribution in [0.3, 0.4) is 0 Å². The number of nitrogens with zero attached hydrogens (tertiary/aromatic N) is 3. The summed E-state index contributed by atoms with van der Waals surface area (Å²) < 4.78 is 8.95. The van der Waals surface area contributed by atoms with Gasteiger partial charge in [0.25, 0.3) is 0 Å². The lowest BCUT2D eigenvalue weighted by Crippen LogP contribution is -2.55. The number of hydrogen-bond donors (Lipinski definition) is 0. The highest BCUT2D eigenvalue weighted by Crippen LogP contribution is 2.41. The molecular formula is C45H38B11N3OS. The number of para-hydroxylation sites is 1. The van der Waals surface area contributed by atoms with E-state index >= 15 is 0 Å². The summed E-state index contributed by atoms with van der Waals surface area (Å²) in [5.41, 5.74) is 24.2. The van der Waals surface area contributed by atoms with E-state index in [-0.39, 0.29) is 0 Å². The molecule has 0 radical (unpaired) electrons. The van der Waals surface area contributed by atoms with Gasteiger partial charge in [0.15, 0.2) is 17.5 Å². The predicted octanol–water partition coefficient (Wildman–Crippen LogP) is -6.68. The van der Waals surface area contributed by atoms with E-state index in [2.05, 4.69) is 165 Å². The molecule has 10 rings (SSSR count). The van der Waals surface area contributed by atoms with Crippen LogP contribution in [0.5, 0.6) is 0 Å². The van der Waals surface area contributed by atoms with Crippen LogP contribution in [0.1, 0.15) is 0 Å². The smallest absolute Gasteiger partial charge is 0.164 e. The number of aromatic nitrogens is 3. The summed E-state index contributed by atoms with van der Waals surface area (Å²) in [5.74, 6) is 1.92. The molecule has 4 nitrogen and oxygen atoms in total. The molecule has 0 unspecified atom stereocenters. The van der Waals surface area contributed by atoms with E-state index in [9.17, 15) is 0 Å². The molecule has 0 spiro atoms. The van der Waals surface area contributed by atoms with Gasteiger partial charge in [0.05, 0.1) is 0 Å². The lowest BCUT2D eigenvalue weighted by molar-refractivity contribution is 0.669. The summed E-state index contributed by atoms with van der Waals surface area (Å²) in [5, 5.41) is 4.81. The van der Waals surface area contributed by atoms with Crippen LogP contribution in [0.25, 0.3) is 98.5 Å². The van der Waals surface area contributed by atoms with E-state index in [1.54, 1.807) is 0 Å². The predicted molar refractivity (Wildman–Crippen MR) is 297 cm³/mol. The Labute approximate surface area is 370 Å². The third kappa shape index (κ3) is 6.08. The van der Waals surface area contributed by atoms with Crippen molar-refractivity contribution in [3.63, 3.8) is 0 Å². The molecule has 3 heterocycles. The zero-order valence-electron chi connectivity index (χ0n) is 36.9. The quantitative estimate of drug-likeness (QED) is 0.163. The molecule has 0 bridgehead atoms. The van der Waals surface area contributed by atoms with Crippen molar-refractivity contribution in [3.05, 3.63) is 97.1 Å². The molecular weight excluding hydrogens is 750 g/mol. The van der Waals surface area contributed by atoms with E-state index in [1.165, 1.54) is 97.0 Å². The number of hydrogen-bond acceptors (Lipinski definition) is 5. The number of fused-ring (bicyclic) bond motifs is 6. The van der Waals surface area contributed by atoms with Gasteiger partial charge in [-0.15, -0.1) is 38.7 Å². The van der Waals surface area contributed by atoms with E-state index in [1.807, 2.05) is 29.5 Å². The lowest BCUT2D eigenvalue weighted by Gasteiger charge is -2.25. The van der Waals surface area contributed by atoms with Gasteiger partial charge in [-0.05, 0) is 45.8 Å². The van der Waals surface area contributed by atoms with Crippen LogP contribution in [-0.4, -0.2) is 101 Å². The fraction of sp³-hybridized carbons (Fsp3) is 0. The first-order valence-corrected chi connectivity index (χ1v) is 22.0. The SMILES string of the molecule is Bc1c(B)c(B)c(-c2c(B)c(B)c(-c3nc(-c4ccc(-c5ccccc5)cc4)nc(-c4ccc5c(c4)oc4ccccc45)n3)c3sc4c(B)c(B)c(B)c(B)c4c23)c(B)c1B. The number of thiophene rings is 1. The van der Waals surface area contributed by atoms with Gasteiger partial charge in [-0.3, -0.25) is 0 Å². The Kier molecular flexibility index (Phi) is 9.52. The number of benzene rings is 7. The van der Waals surface area contributed by atoms with E-state index in [0.717, 1.165) is 44.2 Å². The fourth-order valence-corrected chi connectivity index (χ4v) is 11.2. The fourth-order valence-electron chi connectivity index (χ4n) is 9.63. The zero-order chi connectivity index (χ0) is 42.6. The summed E-state index contributed by atoms with van der Waals surface area (Å²) >= 11 is 1.89. The Bertz CT molecular complexity index is 3470. The average molecular weight is 788 g/mol. The summed E-state index contributed by atoms with van der Waals surface area (Å²) in [6.07, 6.45) is 0. The van der Waals surface area contributed by atoms with Crippen LogP contribution < -0.4 is 60.1 Å². The third-order valence-corrected chi connectivity index (χ3v) is 15.4. The minimum absolute atomic E-state index is 0.611. The topological polar surface area (TPSA) is 51.8 Å². The number of rotatable bonds is 5. The van der Waals surface area contributed by atoms with E-state index in [0.29, 0.717) is 17.5 Å². The van der Waals surface area contributed by atoms with Crippen molar-refractivity contribution in [3.8, 4) is 56.4 Å². The van der Waals surface area contributed by atoms with Crippen molar-refractivity contribution in [1.29, 1.82) is 0 Å². The van der Waals surface area contributed by atoms with Crippen molar-refractivity contribution < 1.29 is 4.42 Å². The molecule has 0 N–H and O–H groups in total.